The second-order valence-electron chi connectivity index (χ2n) is 8.21. The number of likely N-dealkylation sites (tertiary alicyclic amines) is 1. The Labute approximate surface area is 157 Å². The summed E-state index contributed by atoms with van der Waals surface area (Å²) in [6.07, 6.45) is 2.44. The van der Waals surface area contributed by atoms with Gasteiger partial charge in [-0.2, -0.15) is 0 Å². The van der Waals surface area contributed by atoms with Crippen LogP contribution in [-0.4, -0.2) is 62.2 Å². The number of allylic oxidation sites excluding steroid dienone is 2. The lowest BCUT2D eigenvalue weighted by Crippen LogP contribution is -2.78. The molecule has 0 spiro atoms. The van der Waals surface area contributed by atoms with Crippen molar-refractivity contribution in [2.75, 3.05) is 20.3 Å². The van der Waals surface area contributed by atoms with Crippen molar-refractivity contribution >= 4 is 14.2 Å². The Kier molecular flexibility index (Phi) is 6.05. The Morgan fingerprint density at radius 1 is 1.35 bits per heavy atom. The monoisotopic (exact) mass is 375 g/mol. The van der Waals surface area contributed by atoms with E-state index in [2.05, 4.69) is 57.5 Å². The highest BCUT2D eigenvalue weighted by Crippen LogP contribution is 2.40. The summed E-state index contributed by atoms with van der Waals surface area (Å²) in [7, 11) is -0.410. The van der Waals surface area contributed by atoms with Crippen molar-refractivity contribution in [3.8, 4) is 23.7 Å². The van der Waals surface area contributed by atoms with E-state index in [0.29, 0.717) is 13.2 Å². The molecule has 142 valence electrons. The zero-order chi connectivity index (χ0) is 19.6. The van der Waals surface area contributed by atoms with Crippen molar-refractivity contribution in [3.63, 3.8) is 0 Å². The Morgan fingerprint density at radius 2 is 2.00 bits per heavy atom. The first-order valence-corrected chi connectivity index (χ1v) is 11.8. The van der Waals surface area contributed by atoms with Crippen molar-refractivity contribution in [2.45, 2.75) is 63.1 Å². The number of hydrogen-bond donors (Lipinski definition) is 1. The summed E-state index contributed by atoms with van der Waals surface area (Å²) >= 11 is 0. The zero-order valence-electron chi connectivity index (χ0n) is 16.5. The average molecular weight is 376 g/mol. The highest BCUT2D eigenvalue weighted by Gasteiger charge is 2.63. The van der Waals surface area contributed by atoms with Crippen molar-refractivity contribution < 1.29 is 19.1 Å². The number of amides is 1. The molecule has 6 heteroatoms. The van der Waals surface area contributed by atoms with E-state index >= 15 is 0 Å². The number of nitrogens with zero attached hydrogens (tertiary/aromatic N) is 1. The molecule has 1 amide bonds. The van der Waals surface area contributed by atoms with E-state index in [1.54, 1.807) is 17.1 Å². The van der Waals surface area contributed by atoms with Crippen molar-refractivity contribution in [3.05, 3.63) is 12.2 Å². The van der Waals surface area contributed by atoms with Crippen LogP contribution < -0.4 is 0 Å². The topological polar surface area (TPSA) is 59.0 Å². The van der Waals surface area contributed by atoms with Gasteiger partial charge >= 0.3 is 0 Å². The maximum Gasteiger partial charge on any atom is 0.258 e. The lowest BCUT2D eigenvalue weighted by molar-refractivity contribution is -0.207. The molecule has 1 N–H and O–H groups in total. The number of aliphatic hydroxyl groups excluding tert-OH is 1. The van der Waals surface area contributed by atoms with Crippen LogP contribution in [0, 0.1) is 23.7 Å². The van der Waals surface area contributed by atoms with Gasteiger partial charge in [0.1, 0.15) is 12.1 Å². The average Bonchev–Trinajstić information content (AvgIpc) is 2.55. The number of rotatable bonds is 5. The normalized spacial score (nSPS) is 29.5. The van der Waals surface area contributed by atoms with Crippen LogP contribution in [-0.2, 0) is 14.0 Å². The highest BCUT2D eigenvalue weighted by atomic mass is 28.4. The molecule has 1 aliphatic heterocycles. The molecule has 1 fully saturated rings. The van der Waals surface area contributed by atoms with Gasteiger partial charge < -0.3 is 19.2 Å². The number of carbonyl (C=O) groups is 1. The molecule has 2 aliphatic rings. The third-order valence-corrected chi connectivity index (χ3v) is 10.2. The van der Waals surface area contributed by atoms with Gasteiger partial charge in [-0.05, 0) is 30.3 Å². The largest absolute Gasteiger partial charge is 0.415 e. The molecule has 26 heavy (non-hydrogen) atoms. The first kappa shape index (κ1) is 20.7. The molecule has 1 saturated heterocycles. The van der Waals surface area contributed by atoms with E-state index < -0.39 is 26.1 Å². The molecule has 0 unspecified atom stereocenters. The lowest BCUT2D eigenvalue weighted by atomic mass is 9.76. The highest BCUT2D eigenvalue weighted by molar-refractivity contribution is 6.74. The third kappa shape index (κ3) is 3.75. The van der Waals surface area contributed by atoms with Gasteiger partial charge in [0.25, 0.3) is 5.91 Å². The lowest BCUT2D eigenvalue weighted by Gasteiger charge is -2.55. The van der Waals surface area contributed by atoms with Gasteiger partial charge in [-0.1, -0.05) is 44.5 Å². The minimum Gasteiger partial charge on any atom is -0.415 e. The minimum atomic E-state index is -1.89. The Morgan fingerprint density at radius 3 is 2.62 bits per heavy atom. The van der Waals surface area contributed by atoms with E-state index in [1.165, 1.54) is 7.11 Å². The molecule has 2 rings (SSSR count). The van der Waals surface area contributed by atoms with E-state index in [4.69, 9.17) is 9.16 Å². The summed E-state index contributed by atoms with van der Waals surface area (Å²) in [6, 6.07) is -0.545. The third-order valence-electron chi connectivity index (χ3n) is 5.64. The van der Waals surface area contributed by atoms with Gasteiger partial charge in [-0.3, -0.25) is 4.79 Å². The second-order valence-corrected chi connectivity index (χ2v) is 13.0. The Hall–Kier alpha value is -1.57. The molecule has 0 saturated carbocycles. The van der Waals surface area contributed by atoms with Crippen LogP contribution in [0.4, 0.5) is 0 Å². The number of β-lactam (4-membered cyclic amide) rings is 1. The molecule has 0 aromatic rings. The zero-order valence-corrected chi connectivity index (χ0v) is 17.5. The van der Waals surface area contributed by atoms with Crippen LogP contribution in [0.25, 0.3) is 0 Å². The quantitative estimate of drug-likeness (QED) is 0.453. The van der Waals surface area contributed by atoms with Gasteiger partial charge in [-0.25, -0.2) is 0 Å². The Balaban J connectivity index is 2.15. The van der Waals surface area contributed by atoms with Crippen molar-refractivity contribution in [1.29, 1.82) is 0 Å². The summed E-state index contributed by atoms with van der Waals surface area (Å²) in [6.45, 7) is 11.7. The predicted molar refractivity (Wildman–Crippen MR) is 104 cm³/mol. The fraction of sp³-hybridized carbons (Fsp3) is 0.650. The number of fused-ring (bicyclic) bond motifs is 1. The van der Waals surface area contributed by atoms with Gasteiger partial charge in [0.05, 0.1) is 6.61 Å². The SMILES string of the molecule is CO[C@]12CC#C/C=C\C#C[C@@H](O)[C@@H]1N(CCO[Si](C)(C)C(C)(C)C)C2=O. The summed E-state index contributed by atoms with van der Waals surface area (Å²) in [5.74, 6) is 11.2. The summed E-state index contributed by atoms with van der Waals surface area (Å²) in [5, 5.41) is 10.6. The number of hydrogen-bond acceptors (Lipinski definition) is 4. The smallest absolute Gasteiger partial charge is 0.258 e. The number of ether oxygens (including phenoxy) is 1. The van der Waals surface area contributed by atoms with E-state index in [9.17, 15) is 9.90 Å². The molecule has 0 aromatic carbocycles. The molecule has 0 bridgehead atoms. The standard InChI is InChI=1S/C20H29NO4Si/c1-19(2,3)26(5,6)25-15-14-21-17-16(22)12-10-8-7-9-11-13-20(17,24-4)18(21)23/h7-8,16-17,22H,13-15H2,1-6H3/b8-7-/t16-,17+,20-/m1/s1. The van der Waals surface area contributed by atoms with Crippen molar-refractivity contribution in [2.24, 2.45) is 0 Å². The minimum absolute atomic E-state index is 0.103. The maximum atomic E-state index is 12.8. The van der Waals surface area contributed by atoms with Gasteiger partial charge in [0.15, 0.2) is 13.9 Å². The van der Waals surface area contributed by atoms with Crippen LogP contribution in [0.5, 0.6) is 0 Å². The summed E-state index contributed by atoms with van der Waals surface area (Å²) in [4.78, 5) is 14.4. The summed E-state index contributed by atoms with van der Waals surface area (Å²) < 4.78 is 11.7. The number of methoxy groups -OCH3 is 1. The predicted octanol–water partition coefficient (Wildman–Crippen LogP) is 1.93. The van der Waals surface area contributed by atoms with Crippen LogP contribution in [0.3, 0.4) is 0 Å². The van der Waals surface area contributed by atoms with Gasteiger partial charge in [-0.15, -0.1) is 0 Å². The molecule has 1 aliphatic carbocycles. The fourth-order valence-corrected chi connectivity index (χ4v) is 4.00. The molecule has 0 aromatic heterocycles. The van der Waals surface area contributed by atoms with E-state index in [1.807, 2.05) is 0 Å². The van der Waals surface area contributed by atoms with Crippen molar-refractivity contribution in [1.82, 2.24) is 4.90 Å². The number of aliphatic hydroxyl groups is 1. The fourth-order valence-electron chi connectivity index (χ4n) is 2.96. The molecular weight excluding hydrogens is 346 g/mol. The van der Waals surface area contributed by atoms with Crippen LogP contribution in [0.1, 0.15) is 27.2 Å². The molecule has 1 heterocycles. The molecular formula is C20H29NO4Si. The Bertz CT molecular complexity index is 701. The van der Waals surface area contributed by atoms with E-state index in [0.717, 1.165) is 0 Å². The van der Waals surface area contributed by atoms with E-state index in [-0.39, 0.29) is 17.4 Å². The van der Waals surface area contributed by atoms with Crippen LogP contribution in [0.15, 0.2) is 12.2 Å². The maximum absolute atomic E-state index is 12.8. The van der Waals surface area contributed by atoms with Crippen LogP contribution in [0.2, 0.25) is 18.1 Å². The first-order chi connectivity index (χ1) is 12.1. The molecule has 5 nitrogen and oxygen atoms in total. The van der Waals surface area contributed by atoms with Crippen LogP contribution >= 0.6 is 0 Å². The second kappa shape index (κ2) is 7.58. The molecule has 3 atom stereocenters. The first-order valence-electron chi connectivity index (χ1n) is 8.89. The molecule has 0 radical (unpaired) electrons. The van der Waals surface area contributed by atoms with Gasteiger partial charge in [0.2, 0.25) is 0 Å². The van der Waals surface area contributed by atoms with Gasteiger partial charge in [0, 0.05) is 20.1 Å². The summed E-state index contributed by atoms with van der Waals surface area (Å²) in [5.41, 5.74) is -1.14. The number of carbonyl (C=O) groups excluding carboxylic acids is 1.